The number of nitrogens with zero attached hydrogens (tertiary/aromatic N) is 1. The molecule has 100 valence electrons. The summed E-state index contributed by atoms with van der Waals surface area (Å²) in [6, 6.07) is 5.73. The van der Waals surface area contributed by atoms with E-state index in [0.29, 0.717) is 12.1 Å². The molecular formula is C13H14N2O4. The number of hydrogen-bond acceptors (Lipinski definition) is 4. The normalized spacial score (nSPS) is 19.2. The zero-order valence-corrected chi connectivity index (χ0v) is 10.4. The number of aromatic carboxylic acids is 1. The van der Waals surface area contributed by atoms with Crippen molar-refractivity contribution in [3.05, 3.63) is 29.8 Å². The maximum Gasteiger partial charge on any atom is 0.335 e. The Kier molecular flexibility index (Phi) is 3.50. The summed E-state index contributed by atoms with van der Waals surface area (Å²) < 4.78 is 0. The monoisotopic (exact) mass is 262 g/mol. The van der Waals surface area contributed by atoms with E-state index in [1.807, 2.05) is 6.92 Å². The van der Waals surface area contributed by atoms with Crippen molar-refractivity contribution in [2.45, 2.75) is 19.4 Å². The van der Waals surface area contributed by atoms with Crippen LogP contribution < -0.4 is 10.2 Å². The number of nitrogens with one attached hydrogen (secondary N) is 1. The second-order valence-corrected chi connectivity index (χ2v) is 4.32. The van der Waals surface area contributed by atoms with E-state index in [0.717, 1.165) is 0 Å². The smallest absolute Gasteiger partial charge is 0.335 e. The average molecular weight is 262 g/mol. The molecule has 1 aromatic carbocycles. The molecule has 0 aromatic heterocycles. The van der Waals surface area contributed by atoms with Crippen molar-refractivity contribution < 1.29 is 19.5 Å². The maximum atomic E-state index is 11.7. The lowest BCUT2D eigenvalue weighted by atomic mass is 10.1. The van der Waals surface area contributed by atoms with E-state index in [1.54, 1.807) is 17.0 Å². The SMILES string of the molecule is CCC1C(=O)NC(=O)CN1c1ccc(C(=O)O)cc1. The van der Waals surface area contributed by atoms with Crippen molar-refractivity contribution in [3.8, 4) is 0 Å². The van der Waals surface area contributed by atoms with Crippen molar-refractivity contribution in [2.24, 2.45) is 0 Å². The van der Waals surface area contributed by atoms with Crippen LogP contribution in [-0.2, 0) is 9.59 Å². The molecule has 2 amide bonds. The van der Waals surface area contributed by atoms with Gasteiger partial charge >= 0.3 is 5.97 Å². The zero-order valence-electron chi connectivity index (χ0n) is 10.4. The van der Waals surface area contributed by atoms with Crippen LogP contribution in [0.4, 0.5) is 5.69 Å². The van der Waals surface area contributed by atoms with E-state index in [2.05, 4.69) is 5.32 Å². The van der Waals surface area contributed by atoms with Crippen LogP contribution in [0, 0.1) is 0 Å². The molecule has 0 spiro atoms. The van der Waals surface area contributed by atoms with E-state index in [4.69, 9.17) is 5.11 Å². The Morgan fingerprint density at radius 2 is 2.00 bits per heavy atom. The number of carboxylic acids is 1. The van der Waals surface area contributed by atoms with Crippen LogP contribution in [0.15, 0.2) is 24.3 Å². The van der Waals surface area contributed by atoms with Crippen molar-refractivity contribution >= 4 is 23.5 Å². The third-order valence-electron chi connectivity index (χ3n) is 3.09. The summed E-state index contributed by atoms with van der Waals surface area (Å²) in [4.78, 5) is 35.6. The highest BCUT2D eigenvalue weighted by atomic mass is 16.4. The minimum Gasteiger partial charge on any atom is -0.478 e. The van der Waals surface area contributed by atoms with Crippen LogP contribution in [0.3, 0.4) is 0 Å². The highest BCUT2D eigenvalue weighted by Gasteiger charge is 2.32. The van der Waals surface area contributed by atoms with E-state index >= 15 is 0 Å². The lowest BCUT2D eigenvalue weighted by Gasteiger charge is -2.35. The van der Waals surface area contributed by atoms with Gasteiger partial charge in [-0.25, -0.2) is 4.79 Å². The third-order valence-corrected chi connectivity index (χ3v) is 3.09. The lowest BCUT2D eigenvalue weighted by Crippen LogP contribution is -2.58. The van der Waals surface area contributed by atoms with E-state index < -0.39 is 12.0 Å². The summed E-state index contributed by atoms with van der Waals surface area (Å²) in [5, 5.41) is 11.1. The van der Waals surface area contributed by atoms with Crippen molar-refractivity contribution in [1.82, 2.24) is 5.32 Å². The topological polar surface area (TPSA) is 86.7 Å². The van der Waals surface area contributed by atoms with Gasteiger partial charge in [0.05, 0.1) is 12.1 Å². The van der Waals surface area contributed by atoms with Gasteiger partial charge < -0.3 is 10.0 Å². The fourth-order valence-electron chi connectivity index (χ4n) is 2.14. The van der Waals surface area contributed by atoms with Crippen LogP contribution in [0.1, 0.15) is 23.7 Å². The maximum absolute atomic E-state index is 11.7. The minimum absolute atomic E-state index is 0.0939. The molecule has 1 heterocycles. The quantitative estimate of drug-likeness (QED) is 0.780. The summed E-state index contributed by atoms with van der Waals surface area (Å²) in [7, 11) is 0. The van der Waals surface area contributed by atoms with Crippen LogP contribution in [0.25, 0.3) is 0 Å². The highest BCUT2D eigenvalue weighted by molar-refractivity contribution is 6.04. The number of imide groups is 1. The number of benzene rings is 1. The second kappa shape index (κ2) is 5.09. The van der Waals surface area contributed by atoms with E-state index in [1.165, 1.54) is 12.1 Å². The zero-order chi connectivity index (χ0) is 14.0. The van der Waals surface area contributed by atoms with Gasteiger partial charge in [-0.3, -0.25) is 14.9 Å². The van der Waals surface area contributed by atoms with Gasteiger partial charge in [-0.05, 0) is 30.7 Å². The Balaban J connectivity index is 2.29. The molecule has 0 radical (unpaired) electrons. The Morgan fingerprint density at radius 1 is 1.37 bits per heavy atom. The van der Waals surface area contributed by atoms with Crippen LogP contribution in [0.5, 0.6) is 0 Å². The molecule has 2 N–H and O–H groups in total. The standard InChI is InChI=1S/C13H14N2O4/c1-2-10-12(17)14-11(16)7-15(10)9-5-3-8(4-6-9)13(18)19/h3-6,10H,2,7H2,1H3,(H,18,19)(H,14,16,17). The van der Waals surface area contributed by atoms with E-state index in [-0.39, 0.29) is 23.9 Å². The second-order valence-electron chi connectivity index (χ2n) is 4.32. The number of carbonyl (C=O) groups excluding carboxylic acids is 2. The number of rotatable bonds is 3. The molecule has 1 atom stereocenters. The molecule has 1 saturated heterocycles. The largest absolute Gasteiger partial charge is 0.478 e. The van der Waals surface area contributed by atoms with Gasteiger partial charge in [0.25, 0.3) is 0 Å². The first kappa shape index (κ1) is 13.1. The predicted octanol–water partition coefficient (Wildman–Crippen LogP) is 0.626. The lowest BCUT2D eigenvalue weighted by molar-refractivity contribution is -0.132. The Labute approximate surface area is 110 Å². The average Bonchev–Trinajstić information content (AvgIpc) is 2.38. The molecule has 1 aromatic rings. The molecule has 2 rings (SSSR count). The molecule has 0 aliphatic carbocycles. The highest BCUT2D eigenvalue weighted by Crippen LogP contribution is 2.21. The Bertz CT molecular complexity index is 524. The number of anilines is 1. The Hall–Kier alpha value is -2.37. The number of carboxylic acid groups (broad SMARTS) is 1. The number of hydrogen-bond donors (Lipinski definition) is 2. The fourth-order valence-corrected chi connectivity index (χ4v) is 2.14. The summed E-state index contributed by atoms with van der Waals surface area (Å²) in [5.74, 6) is -1.68. The molecule has 6 nitrogen and oxygen atoms in total. The van der Waals surface area contributed by atoms with Gasteiger partial charge in [0.15, 0.2) is 0 Å². The van der Waals surface area contributed by atoms with Gasteiger partial charge in [0.1, 0.15) is 6.04 Å². The summed E-state index contributed by atoms with van der Waals surface area (Å²) in [6.45, 7) is 1.95. The van der Waals surface area contributed by atoms with Crippen LogP contribution >= 0.6 is 0 Å². The van der Waals surface area contributed by atoms with E-state index in [9.17, 15) is 14.4 Å². The molecular weight excluding hydrogens is 248 g/mol. The van der Waals surface area contributed by atoms with Crippen molar-refractivity contribution in [1.29, 1.82) is 0 Å². The molecule has 1 aliphatic rings. The Morgan fingerprint density at radius 3 is 2.53 bits per heavy atom. The molecule has 1 aliphatic heterocycles. The number of piperazine rings is 1. The van der Waals surface area contributed by atoms with Gasteiger partial charge in [-0.15, -0.1) is 0 Å². The molecule has 19 heavy (non-hydrogen) atoms. The molecule has 1 fully saturated rings. The van der Waals surface area contributed by atoms with Crippen LogP contribution in [0.2, 0.25) is 0 Å². The first-order valence-electron chi connectivity index (χ1n) is 5.96. The summed E-state index contributed by atoms with van der Waals surface area (Å²) >= 11 is 0. The number of carbonyl (C=O) groups is 3. The molecule has 0 bridgehead atoms. The van der Waals surface area contributed by atoms with Gasteiger partial charge in [0, 0.05) is 5.69 Å². The van der Waals surface area contributed by atoms with Crippen molar-refractivity contribution in [3.63, 3.8) is 0 Å². The van der Waals surface area contributed by atoms with Crippen molar-refractivity contribution in [2.75, 3.05) is 11.4 Å². The molecule has 6 heteroatoms. The van der Waals surface area contributed by atoms with Gasteiger partial charge in [0.2, 0.25) is 11.8 Å². The van der Waals surface area contributed by atoms with Gasteiger partial charge in [-0.1, -0.05) is 6.92 Å². The number of amides is 2. The fraction of sp³-hybridized carbons (Fsp3) is 0.308. The molecule has 1 unspecified atom stereocenters. The summed E-state index contributed by atoms with van der Waals surface area (Å²) in [6.07, 6.45) is 0.569. The first-order valence-corrected chi connectivity index (χ1v) is 5.96. The summed E-state index contributed by atoms with van der Waals surface area (Å²) in [5.41, 5.74) is 0.838. The van der Waals surface area contributed by atoms with Crippen LogP contribution in [-0.4, -0.2) is 35.5 Å². The minimum atomic E-state index is -1.01. The van der Waals surface area contributed by atoms with Gasteiger partial charge in [-0.2, -0.15) is 0 Å². The predicted molar refractivity (Wildman–Crippen MR) is 68.0 cm³/mol. The molecule has 0 saturated carbocycles. The third kappa shape index (κ3) is 2.57. The first-order chi connectivity index (χ1) is 9.02.